The number of carbonyl (C=O) groups excluding carboxylic acids is 1. The van der Waals surface area contributed by atoms with E-state index in [-0.39, 0.29) is 5.91 Å². The number of halogens is 1. The fourth-order valence-electron chi connectivity index (χ4n) is 4.29. The third-order valence-corrected chi connectivity index (χ3v) is 6.11. The first-order valence-electron chi connectivity index (χ1n) is 10.8. The Balaban J connectivity index is 1.44. The number of hydrogen-bond acceptors (Lipinski definition) is 8. The van der Waals surface area contributed by atoms with Crippen LogP contribution in [-0.2, 0) is 25.5 Å². The minimum Gasteiger partial charge on any atom is -0.364 e. The number of benzene rings is 1. The summed E-state index contributed by atoms with van der Waals surface area (Å²) in [4.78, 5) is 26.0. The topological polar surface area (TPSA) is 112 Å². The van der Waals surface area contributed by atoms with Crippen molar-refractivity contribution in [2.75, 3.05) is 11.9 Å². The van der Waals surface area contributed by atoms with E-state index in [0.29, 0.717) is 30.1 Å². The molecule has 0 aliphatic carbocycles. The van der Waals surface area contributed by atoms with Gasteiger partial charge in [-0.2, -0.15) is 0 Å². The van der Waals surface area contributed by atoms with Crippen molar-refractivity contribution in [2.45, 2.75) is 57.6 Å². The summed E-state index contributed by atoms with van der Waals surface area (Å²) >= 11 is 3.49. The number of imidazole rings is 1. The predicted molar refractivity (Wildman–Crippen MR) is 123 cm³/mol. The predicted octanol–water partition coefficient (Wildman–Crippen LogP) is 2.75. The lowest BCUT2D eigenvalue weighted by molar-refractivity contribution is -0.197. The Bertz CT molecular complexity index is 1180. The van der Waals surface area contributed by atoms with Gasteiger partial charge >= 0.3 is 0 Å². The van der Waals surface area contributed by atoms with Crippen molar-refractivity contribution in [2.24, 2.45) is 0 Å². The smallest absolute Gasteiger partial charge is 0.252 e. The molecule has 5 rings (SSSR count). The van der Waals surface area contributed by atoms with Gasteiger partial charge in [-0.25, -0.2) is 15.0 Å². The van der Waals surface area contributed by atoms with Crippen LogP contribution in [0.2, 0.25) is 0 Å². The zero-order valence-corrected chi connectivity index (χ0v) is 20.1. The van der Waals surface area contributed by atoms with Crippen LogP contribution in [-0.4, -0.2) is 56.1 Å². The summed E-state index contributed by atoms with van der Waals surface area (Å²) in [5, 5.41) is 6.14. The van der Waals surface area contributed by atoms with E-state index in [9.17, 15) is 4.79 Å². The van der Waals surface area contributed by atoms with Crippen molar-refractivity contribution in [1.29, 1.82) is 0 Å². The van der Waals surface area contributed by atoms with Crippen LogP contribution >= 0.6 is 15.9 Å². The molecule has 2 aliphatic rings. The number of fused-ring (bicyclic) bond motifs is 2. The molecule has 0 saturated carbocycles. The highest BCUT2D eigenvalue weighted by Gasteiger charge is 2.58. The Hall–Kier alpha value is -2.60. The second-order valence-corrected chi connectivity index (χ2v) is 9.35. The quantitative estimate of drug-likeness (QED) is 0.514. The fraction of sp³-hybridized carbons (Fsp3) is 0.455. The lowest BCUT2D eigenvalue weighted by Gasteiger charge is -2.24. The van der Waals surface area contributed by atoms with Crippen molar-refractivity contribution in [3.05, 3.63) is 47.0 Å². The summed E-state index contributed by atoms with van der Waals surface area (Å²) in [6, 6.07) is 8.03. The van der Waals surface area contributed by atoms with E-state index in [0.717, 1.165) is 10.0 Å². The molecule has 0 unspecified atom stereocenters. The highest BCUT2D eigenvalue weighted by molar-refractivity contribution is 9.10. The molecule has 1 aromatic carbocycles. The van der Waals surface area contributed by atoms with Gasteiger partial charge in [-0.15, -0.1) is 0 Å². The molecule has 174 valence electrons. The second kappa shape index (κ2) is 8.64. The molecular weight excluding hydrogens is 492 g/mol. The summed E-state index contributed by atoms with van der Waals surface area (Å²) in [7, 11) is 0. The molecule has 0 radical (unpaired) electrons. The first-order valence-corrected chi connectivity index (χ1v) is 11.6. The molecule has 2 N–H and O–H groups in total. The van der Waals surface area contributed by atoms with Gasteiger partial charge in [0, 0.05) is 17.6 Å². The van der Waals surface area contributed by atoms with Crippen LogP contribution < -0.4 is 10.6 Å². The summed E-state index contributed by atoms with van der Waals surface area (Å²) in [5.74, 6) is -0.450. The molecule has 2 saturated heterocycles. The monoisotopic (exact) mass is 516 g/mol. The van der Waals surface area contributed by atoms with Crippen molar-refractivity contribution in [3.8, 4) is 0 Å². The highest BCUT2D eigenvalue weighted by atomic mass is 79.9. The second-order valence-electron chi connectivity index (χ2n) is 8.44. The molecule has 2 aliphatic heterocycles. The van der Waals surface area contributed by atoms with Crippen molar-refractivity contribution in [1.82, 2.24) is 24.8 Å². The van der Waals surface area contributed by atoms with Gasteiger partial charge in [0.2, 0.25) is 0 Å². The molecule has 2 aromatic heterocycles. The summed E-state index contributed by atoms with van der Waals surface area (Å²) in [6.45, 7) is 6.60. The van der Waals surface area contributed by atoms with E-state index < -0.39 is 30.3 Å². The standard InChI is InChI=1S/C22H25BrN6O4/c1-4-24-20(30)16-15-17(33-22(2,3)32-15)21(31-16)29-11-28-14-18(26-10-27-19(14)29)25-9-12-6-5-7-13(23)8-12/h5-8,10-11,15-17,21H,4,9H2,1-3H3,(H,24,30)(H,25,26,27)/t15-,16+,17-,21-/m1/s1. The average molecular weight is 517 g/mol. The van der Waals surface area contributed by atoms with Gasteiger partial charge in [-0.1, -0.05) is 28.1 Å². The molecule has 10 nitrogen and oxygen atoms in total. The number of nitrogens with one attached hydrogen (secondary N) is 2. The Morgan fingerprint density at radius 2 is 2.03 bits per heavy atom. The number of carbonyl (C=O) groups is 1. The van der Waals surface area contributed by atoms with Gasteiger partial charge in [-0.3, -0.25) is 9.36 Å². The molecule has 33 heavy (non-hydrogen) atoms. The van der Waals surface area contributed by atoms with E-state index in [4.69, 9.17) is 14.2 Å². The van der Waals surface area contributed by atoms with Gasteiger partial charge in [0.1, 0.15) is 18.5 Å². The van der Waals surface area contributed by atoms with E-state index in [1.165, 1.54) is 6.33 Å². The van der Waals surface area contributed by atoms with Gasteiger partial charge < -0.3 is 24.8 Å². The van der Waals surface area contributed by atoms with E-state index in [2.05, 4.69) is 41.5 Å². The number of likely N-dealkylation sites (N-methyl/N-ethyl adjacent to an activating group) is 1. The largest absolute Gasteiger partial charge is 0.364 e. The Labute approximate surface area is 199 Å². The van der Waals surface area contributed by atoms with Gasteiger partial charge in [0.05, 0.1) is 6.33 Å². The molecule has 4 heterocycles. The fourth-order valence-corrected chi connectivity index (χ4v) is 4.73. The molecular formula is C22H25BrN6O4. The maximum atomic E-state index is 12.6. The number of anilines is 1. The molecule has 0 bridgehead atoms. The molecule has 0 spiro atoms. The van der Waals surface area contributed by atoms with Crippen LogP contribution in [0.1, 0.15) is 32.6 Å². The van der Waals surface area contributed by atoms with Gasteiger partial charge in [0.15, 0.2) is 35.1 Å². The lowest BCUT2D eigenvalue weighted by atomic mass is 10.1. The van der Waals surface area contributed by atoms with Crippen molar-refractivity contribution >= 4 is 38.8 Å². The Kier molecular flexibility index (Phi) is 5.81. The van der Waals surface area contributed by atoms with Crippen LogP contribution in [0, 0.1) is 0 Å². The zero-order chi connectivity index (χ0) is 23.2. The van der Waals surface area contributed by atoms with E-state index >= 15 is 0 Å². The van der Waals surface area contributed by atoms with Crippen LogP contribution in [0.4, 0.5) is 5.82 Å². The molecule has 4 atom stereocenters. The highest BCUT2D eigenvalue weighted by Crippen LogP contribution is 2.44. The molecule has 2 fully saturated rings. The van der Waals surface area contributed by atoms with Gasteiger partial charge in [-0.05, 0) is 38.5 Å². The number of aromatic nitrogens is 4. The first kappa shape index (κ1) is 22.2. The number of ether oxygens (including phenoxy) is 3. The van der Waals surface area contributed by atoms with Crippen LogP contribution in [0.3, 0.4) is 0 Å². The van der Waals surface area contributed by atoms with Crippen molar-refractivity contribution < 1.29 is 19.0 Å². The first-order chi connectivity index (χ1) is 15.9. The SMILES string of the molecule is CCNC(=O)[C@H]1O[C@@H](n2cnc3c(NCc4cccc(Br)c4)ncnc32)[C@@H]2OC(C)(C)O[C@@H]21. The van der Waals surface area contributed by atoms with Crippen LogP contribution in [0.25, 0.3) is 11.2 Å². The maximum Gasteiger partial charge on any atom is 0.252 e. The molecule has 3 aromatic rings. The average Bonchev–Trinajstić information content (AvgIpc) is 3.43. The normalized spacial score (nSPS) is 25.8. The molecule has 11 heteroatoms. The number of hydrogen-bond donors (Lipinski definition) is 2. The third-order valence-electron chi connectivity index (χ3n) is 5.62. The number of amides is 1. The third kappa shape index (κ3) is 4.21. The summed E-state index contributed by atoms with van der Waals surface area (Å²) in [6.07, 6.45) is 0.674. The van der Waals surface area contributed by atoms with Crippen molar-refractivity contribution in [3.63, 3.8) is 0 Å². The Morgan fingerprint density at radius 1 is 1.21 bits per heavy atom. The summed E-state index contributed by atoms with van der Waals surface area (Å²) < 4.78 is 21.1. The number of rotatable bonds is 6. The minimum atomic E-state index is -0.829. The van der Waals surface area contributed by atoms with Crippen LogP contribution in [0.5, 0.6) is 0 Å². The minimum absolute atomic E-state index is 0.230. The Morgan fingerprint density at radius 3 is 2.82 bits per heavy atom. The zero-order valence-electron chi connectivity index (χ0n) is 18.5. The molecule has 1 amide bonds. The number of nitrogens with zero attached hydrogens (tertiary/aromatic N) is 4. The van der Waals surface area contributed by atoms with E-state index in [1.807, 2.05) is 45.0 Å². The summed E-state index contributed by atoms with van der Waals surface area (Å²) in [5.41, 5.74) is 2.28. The lowest BCUT2D eigenvalue weighted by Crippen LogP contribution is -2.42. The maximum absolute atomic E-state index is 12.6. The van der Waals surface area contributed by atoms with Crippen LogP contribution in [0.15, 0.2) is 41.4 Å². The van der Waals surface area contributed by atoms with E-state index in [1.54, 1.807) is 10.9 Å². The van der Waals surface area contributed by atoms with Gasteiger partial charge in [0.25, 0.3) is 5.91 Å².